The predicted octanol–water partition coefficient (Wildman–Crippen LogP) is 1.74. The smallest absolute Gasteiger partial charge is 0.407 e. The number of aromatic nitrogens is 1. The van der Waals surface area contributed by atoms with Crippen molar-refractivity contribution in [3.8, 4) is 11.1 Å². The zero-order valence-corrected chi connectivity index (χ0v) is 13.0. The minimum Gasteiger partial charge on any atom is -0.443 e. The van der Waals surface area contributed by atoms with Crippen LogP contribution in [-0.2, 0) is 14.9 Å². The van der Waals surface area contributed by atoms with Crippen molar-refractivity contribution >= 4 is 12.0 Å². The largest absolute Gasteiger partial charge is 0.443 e. The molecule has 0 radical (unpaired) electrons. The van der Waals surface area contributed by atoms with E-state index in [0.29, 0.717) is 16.7 Å². The summed E-state index contributed by atoms with van der Waals surface area (Å²) in [6.07, 6.45) is 1.72. The van der Waals surface area contributed by atoms with E-state index in [0.717, 1.165) is 0 Å². The summed E-state index contributed by atoms with van der Waals surface area (Å²) in [6, 6.07) is 7.83. The molecular weight excluding hydrogens is 313 g/mol. The SMILES string of the molecule is CC(C(N)=O)(c1ccc(-c2ccncc2)c(F)c1)C1CNC(=O)O1. The number of halogens is 1. The quantitative estimate of drug-likeness (QED) is 0.893. The maximum atomic E-state index is 14.6. The van der Waals surface area contributed by atoms with Crippen molar-refractivity contribution in [2.45, 2.75) is 18.4 Å². The summed E-state index contributed by atoms with van der Waals surface area (Å²) >= 11 is 0. The lowest BCUT2D eigenvalue weighted by Crippen LogP contribution is -2.49. The van der Waals surface area contributed by atoms with E-state index in [1.165, 1.54) is 6.07 Å². The van der Waals surface area contributed by atoms with Crippen molar-refractivity contribution in [2.24, 2.45) is 5.73 Å². The van der Waals surface area contributed by atoms with Crippen LogP contribution in [-0.4, -0.2) is 29.6 Å². The molecule has 0 saturated carbocycles. The number of nitrogens with zero attached hydrogens (tertiary/aromatic N) is 1. The highest BCUT2D eigenvalue weighted by Crippen LogP contribution is 2.34. The average Bonchev–Trinajstić information content (AvgIpc) is 3.01. The molecule has 3 N–H and O–H groups in total. The second kappa shape index (κ2) is 5.92. The maximum Gasteiger partial charge on any atom is 0.407 e. The molecule has 1 aromatic heterocycles. The monoisotopic (exact) mass is 329 g/mol. The first kappa shape index (κ1) is 15.9. The van der Waals surface area contributed by atoms with Gasteiger partial charge in [-0.3, -0.25) is 9.78 Å². The molecule has 2 aromatic rings. The highest BCUT2D eigenvalue weighted by atomic mass is 19.1. The van der Waals surface area contributed by atoms with Gasteiger partial charge in [0, 0.05) is 18.0 Å². The third-order valence-electron chi connectivity index (χ3n) is 4.40. The Balaban J connectivity index is 2.02. The summed E-state index contributed by atoms with van der Waals surface area (Å²) in [4.78, 5) is 27.2. The molecule has 124 valence electrons. The Morgan fingerprint density at radius 3 is 2.62 bits per heavy atom. The molecule has 24 heavy (non-hydrogen) atoms. The van der Waals surface area contributed by atoms with Gasteiger partial charge in [-0.2, -0.15) is 0 Å². The zero-order chi connectivity index (χ0) is 17.3. The maximum absolute atomic E-state index is 14.6. The van der Waals surface area contributed by atoms with E-state index in [1.807, 2.05) is 0 Å². The predicted molar refractivity (Wildman–Crippen MR) is 84.4 cm³/mol. The normalized spacial score (nSPS) is 19.2. The molecule has 7 heteroatoms. The van der Waals surface area contributed by atoms with E-state index in [9.17, 15) is 14.0 Å². The first-order valence-corrected chi connectivity index (χ1v) is 7.37. The molecule has 0 spiro atoms. The Kier molecular flexibility index (Phi) is 3.92. The minimum absolute atomic E-state index is 0.131. The third kappa shape index (κ3) is 2.58. The Morgan fingerprint density at radius 1 is 1.38 bits per heavy atom. The fraction of sp³-hybridized carbons (Fsp3) is 0.235. The molecule has 6 nitrogen and oxygen atoms in total. The molecule has 2 heterocycles. The lowest BCUT2D eigenvalue weighted by Gasteiger charge is -2.31. The molecular formula is C17H16FN3O3. The summed E-state index contributed by atoms with van der Waals surface area (Å²) in [5.74, 6) is -1.19. The van der Waals surface area contributed by atoms with E-state index in [4.69, 9.17) is 10.5 Å². The van der Waals surface area contributed by atoms with Gasteiger partial charge >= 0.3 is 6.09 Å². The van der Waals surface area contributed by atoms with Crippen molar-refractivity contribution in [2.75, 3.05) is 6.54 Å². The van der Waals surface area contributed by atoms with E-state index in [2.05, 4.69) is 10.3 Å². The lowest BCUT2D eigenvalue weighted by molar-refractivity contribution is -0.126. The number of nitrogens with two attached hydrogens (primary N) is 1. The number of carbonyl (C=O) groups is 2. The molecule has 1 fully saturated rings. The van der Waals surface area contributed by atoms with Gasteiger partial charge in [0.15, 0.2) is 0 Å². The minimum atomic E-state index is -1.34. The summed E-state index contributed by atoms with van der Waals surface area (Å²) in [6.45, 7) is 1.67. The second-order valence-corrected chi connectivity index (χ2v) is 5.77. The number of hydrogen-bond acceptors (Lipinski definition) is 4. The summed E-state index contributed by atoms with van der Waals surface area (Å²) in [5.41, 5.74) is 5.61. The summed E-state index contributed by atoms with van der Waals surface area (Å²) < 4.78 is 19.7. The molecule has 1 aliphatic rings. The molecule has 0 bridgehead atoms. The molecule has 3 rings (SSSR count). The average molecular weight is 329 g/mol. The Morgan fingerprint density at radius 2 is 2.08 bits per heavy atom. The van der Waals surface area contributed by atoms with Crippen molar-refractivity contribution in [3.63, 3.8) is 0 Å². The van der Waals surface area contributed by atoms with Gasteiger partial charge < -0.3 is 15.8 Å². The molecule has 2 amide bonds. The van der Waals surface area contributed by atoms with Gasteiger partial charge in [0.05, 0.1) is 6.54 Å². The fourth-order valence-electron chi connectivity index (χ4n) is 2.80. The van der Waals surface area contributed by atoms with Crippen molar-refractivity contribution in [3.05, 3.63) is 54.1 Å². The molecule has 1 aromatic carbocycles. The van der Waals surface area contributed by atoms with Crippen LogP contribution in [0.25, 0.3) is 11.1 Å². The molecule has 1 saturated heterocycles. The summed E-state index contributed by atoms with van der Waals surface area (Å²) in [7, 11) is 0. The van der Waals surface area contributed by atoms with Crippen LogP contribution in [0.2, 0.25) is 0 Å². The van der Waals surface area contributed by atoms with Crippen LogP contribution in [0, 0.1) is 5.82 Å². The van der Waals surface area contributed by atoms with Gasteiger partial charge in [0.2, 0.25) is 5.91 Å². The van der Waals surface area contributed by atoms with E-state index in [1.54, 1.807) is 43.6 Å². The van der Waals surface area contributed by atoms with Gasteiger partial charge in [-0.25, -0.2) is 9.18 Å². The van der Waals surface area contributed by atoms with E-state index >= 15 is 0 Å². The van der Waals surface area contributed by atoms with Gasteiger partial charge in [-0.05, 0) is 36.2 Å². The zero-order valence-electron chi connectivity index (χ0n) is 13.0. The van der Waals surface area contributed by atoms with Gasteiger partial charge in [-0.15, -0.1) is 0 Å². The van der Waals surface area contributed by atoms with E-state index in [-0.39, 0.29) is 6.54 Å². The number of carbonyl (C=O) groups excluding carboxylic acids is 2. The number of alkyl carbamates (subject to hydrolysis) is 1. The Hall–Kier alpha value is -2.96. The molecule has 1 aliphatic heterocycles. The highest BCUT2D eigenvalue weighted by Gasteiger charge is 2.47. The van der Waals surface area contributed by atoms with Gasteiger partial charge in [0.25, 0.3) is 0 Å². The van der Waals surface area contributed by atoms with Crippen molar-refractivity contribution < 1.29 is 18.7 Å². The topological polar surface area (TPSA) is 94.3 Å². The Labute approximate surface area is 137 Å². The summed E-state index contributed by atoms with van der Waals surface area (Å²) in [5, 5.41) is 2.48. The standard InChI is InChI=1S/C17H16FN3O3/c1-17(15(19)22,14-9-21-16(23)24-14)11-2-3-12(13(18)8-11)10-4-6-20-7-5-10/h2-8,14H,9H2,1H3,(H2,19,22)(H,21,23). The van der Waals surface area contributed by atoms with Crippen LogP contribution in [0.3, 0.4) is 0 Å². The first-order valence-electron chi connectivity index (χ1n) is 7.37. The number of amides is 2. The van der Waals surface area contributed by atoms with Gasteiger partial charge in [-0.1, -0.05) is 12.1 Å². The number of benzene rings is 1. The molecule has 2 atom stereocenters. The highest BCUT2D eigenvalue weighted by molar-refractivity contribution is 5.88. The third-order valence-corrected chi connectivity index (χ3v) is 4.40. The van der Waals surface area contributed by atoms with Crippen LogP contribution < -0.4 is 11.1 Å². The van der Waals surface area contributed by atoms with Crippen LogP contribution >= 0.6 is 0 Å². The Bertz CT molecular complexity index is 797. The van der Waals surface area contributed by atoms with Crippen molar-refractivity contribution in [1.82, 2.24) is 10.3 Å². The number of ether oxygens (including phenoxy) is 1. The number of nitrogens with one attached hydrogen (secondary N) is 1. The second-order valence-electron chi connectivity index (χ2n) is 5.77. The molecule has 2 unspecified atom stereocenters. The van der Waals surface area contributed by atoms with Crippen LogP contribution in [0.5, 0.6) is 0 Å². The molecule has 0 aliphatic carbocycles. The number of rotatable bonds is 4. The lowest BCUT2D eigenvalue weighted by atomic mass is 9.76. The fourth-order valence-corrected chi connectivity index (χ4v) is 2.80. The van der Waals surface area contributed by atoms with Crippen LogP contribution in [0.4, 0.5) is 9.18 Å². The van der Waals surface area contributed by atoms with Crippen LogP contribution in [0.15, 0.2) is 42.7 Å². The number of cyclic esters (lactones) is 1. The number of hydrogen-bond donors (Lipinski definition) is 2. The number of pyridine rings is 1. The first-order chi connectivity index (χ1) is 11.4. The van der Waals surface area contributed by atoms with Gasteiger partial charge in [0.1, 0.15) is 17.3 Å². The van der Waals surface area contributed by atoms with Crippen molar-refractivity contribution in [1.29, 1.82) is 0 Å². The number of primary amides is 1. The van der Waals surface area contributed by atoms with Crippen LogP contribution in [0.1, 0.15) is 12.5 Å². The van der Waals surface area contributed by atoms with E-state index < -0.39 is 29.3 Å².